The van der Waals surface area contributed by atoms with Crippen LogP contribution < -0.4 is 0 Å². The van der Waals surface area contributed by atoms with E-state index in [1.54, 1.807) is 7.11 Å². The first kappa shape index (κ1) is 19.4. The van der Waals surface area contributed by atoms with Crippen molar-refractivity contribution in [2.45, 2.75) is 56.9 Å². The van der Waals surface area contributed by atoms with Crippen LogP contribution >= 0.6 is 0 Å². The van der Waals surface area contributed by atoms with Crippen LogP contribution in [0.15, 0.2) is 24.3 Å². The molecule has 0 radical (unpaired) electrons. The van der Waals surface area contributed by atoms with Gasteiger partial charge in [-0.3, -0.25) is 9.59 Å². The van der Waals surface area contributed by atoms with Crippen molar-refractivity contribution < 1.29 is 14.3 Å². The topological polar surface area (TPSA) is 49.9 Å². The lowest BCUT2D eigenvalue weighted by atomic mass is 9.70. The van der Waals surface area contributed by atoms with Gasteiger partial charge in [-0.15, -0.1) is 0 Å². The van der Waals surface area contributed by atoms with Gasteiger partial charge < -0.3 is 14.5 Å². The minimum absolute atomic E-state index is 0.0608. The van der Waals surface area contributed by atoms with Gasteiger partial charge in [0.25, 0.3) is 5.91 Å². The molecular formula is C23H32N2O3. The summed E-state index contributed by atoms with van der Waals surface area (Å²) in [5, 5.41) is 0. The van der Waals surface area contributed by atoms with Crippen molar-refractivity contribution in [2.24, 2.45) is 5.92 Å². The van der Waals surface area contributed by atoms with E-state index in [4.69, 9.17) is 4.74 Å². The number of methoxy groups -OCH3 is 1. The van der Waals surface area contributed by atoms with Crippen LogP contribution in [0.1, 0.15) is 67.3 Å². The Morgan fingerprint density at radius 3 is 2.68 bits per heavy atom. The van der Waals surface area contributed by atoms with E-state index in [0.29, 0.717) is 24.6 Å². The number of fused-ring (bicyclic) bond motifs is 1. The summed E-state index contributed by atoms with van der Waals surface area (Å²) >= 11 is 0. The van der Waals surface area contributed by atoms with Gasteiger partial charge in [-0.25, -0.2) is 0 Å². The van der Waals surface area contributed by atoms with Gasteiger partial charge in [0.05, 0.1) is 18.1 Å². The van der Waals surface area contributed by atoms with Crippen LogP contribution in [0.5, 0.6) is 0 Å². The van der Waals surface area contributed by atoms with Crippen LogP contribution in [0.3, 0.4) is 0 Å². The zero-order chi connectivity index (χ0) is 19.7. The minimum atomic E-state index is -0.401. The number of likely N-dealkylation sites (tertiary alicyclic amines) is 1. The second-order valence-corrected chi connectivity index (χ2v) is 8.81. The van der Waals surface area contributed by atoms with E-state index in [0.717, 1.165) is 50.8 Å². The van der Waals surface area contributed by atoms with Gasteiger partial charge in [0.2, 0.25) is 5.91 Å². The molecule has 152 valence electrons. The second-order valence-electron chi connectivity index (χ2n) is 8.81. The van der Waals surface area contributed by atoms with Crippen LogP contribution in [0.25, 0.3) is 0 Å². The fourth-order valence-electron chi connectivity index (χ4n) is 5.72. The molecule has 1 saturated heterocycles. The Kier molecular flexibility index (Phi) is 5.46. The first-order valence-corrected chi connectivity index (χ1v) is 10.8. The third-order valence-corrected chi connectivity index (χ3v) is 7.03. The maximum Gasteiger partial charge on any atom is 0.254 e. The Labute approximate surface area is 168 Å². The quantitative estimate of drug-likeness (QED) is 0.799. The third-order valence-electron chi connectivity index (χ3n) is 7.03. The fraction of sp³-hybridized carbons (Fsp3) is 0.652. The Morgan fingerprint density at radius 2 is 1.96 bits per heavy atom. The van der Waals surface area contributed by atoms with Crippen LogP contribution in [0.2, 0.25) is 0 Å². The first-order chi connectivity index (χ1) is 13.6. The molecule has 2 aliphatic heterocycles. The summed E-state index contributed by atoms with van der Waals surface area (Å²) in [4.78, 5) is 31.4. The average Bonchev–Trinajstić information content (AvgIpc) is 3.18. The molecule has 3 aliphatic rings. The Balaban J connectivity index is 1.79. The van der Waals surface area contributed by atoms with E-state index in [-0.39, 0.29) is 17.7 Å². The van der Waals surface area contributed by atoms with Crippen LogP contribution in [-0.4, -0.2) is 60.5 Å². The predicted molar refractivity (Wildman–Crippen MR) is 108 cm³/mol. The van der Waals surface area contributed by atoms with Crippen molar-refractivity contribution in [3.63, 3.8) is 0 Å². The number of hydrogen-bond donors (Lipinski definition) is 0. The zero-order valence-electron chi connectivity index (χ0n) is 17.2. The van der Waals surface area contributed by atoms with Crippen molar-refractivity contribution >= 4 is 11.8 Å². The molecule has 2 fully saturated rings. The van der Waals surface area contributed by atoms with Crippen molar-refractivity contribution in [1.29, 1.82) is 0 Å². The Morgan fingerprint density at radius 1 is 1.21 bits per heavy atom. The minimum Gasteiger partial charge on any atom is -0.383 e. The summed E-state index contributed by atoms with van der Waals surface area (Å²) in [7, 11) is 1.67. The van der Waals surface area contributed by atoms with Gasteiger partial charge in [-0.2, -0.15) is 0 Å². The van der Waals surface area contributed by atoms with Gasteiger partial charge in [-0.1, -0.05) is 38.0 Å². The maximum absolute atomic E-state index is 13.9. The molecule has 1 aliphatic carbocycles. The molecule has 1 saturated carbocycles. The molecule has 0 N–H and O–H groups in total. The van der Waals surface area contributed by atoms with Crippen molar-refractivity contribution in [1.82, 2.24) is 9.80 Å². The molecular weight excluding hydrogens is 352 g/mol. The molecule has 0 aromatic heterocycles. The summed E-state index contributed by atoms with van der Waals surface area (Å²) in [6.07, 6.45) is 6.20. The lowest BCUT2D eigenvalue weighted by Gasteiger charge is -2.51. The van der Waals surface area contributed by atoms with Crippen LogP contribution in [0.4, 0.5) is 0 Å². The van der Waals surface area contributed by atoms with E-state index in [9.17, 15) is 9.59 Å². The molecule has 2 amide bonds. The molecule has 1 aromatic rings. The maximum atomic E-state index is 13.9. The SMILES string of the molecule is COCCN1C(=O)c2ccccc2[C@H](C(=O)N2CCC[C@H](C)C2)C12CCCC2. The molecule has 5 nitrogen and oxygen atoms in total. The monoisotopic (exact) mass is 384 g/mol. The number of nitrogens with zero attached hydrogens (tertiary/aromatic N) is 2. The summed E-state index contributed by atoms with van der Waals surface area (Å²) in [6, 6.07) is 7.77. The fourth-order valence-corrected chi connectivity index (χ4v) is 5.72. The molecule has 28 heavy (non-hydrogen) atoms. The van der Waals surface area contributed by atoms with Crippen LogP contribution in [-0.2, 0) is 9.53 Å². The number of amides is 2. The second kappa shape index (κ2) is 7.86. The number of benzene rings is 1. The predicted octanol–water partition coefficient (Wildman–Crippen LogP) is 3.44. The highest BCUT2D eigenvalue weighted by Gasteiger charge is 2.56. The van der Waals surface area contributed by atoms with Crippen molar-refractivity contribution in [3.05, 3.63) is 35.4 Å². The van der Waals surface area contributed by atoms with E-state index < -0.39 is 5.54 Å². The summed E-state index contributed by atoms with van der Waals surface area (Å²) in [5.74, 6) is 0.565. The van der Waals surface area contributed by atoms with E-state index in [2.05, 4.69) is 11.8 Å². The number of hydrogen-bond acceptors (Lipinski definition) is 3. The number of carbonyl (C=O) groups is 2. The van der Waals surface area contributed by atoms with Crippen molar-refractivity contribution in [2.75, 3.05) is 33.4 Å². The standard InChI is InChI=1S/C23H32N2O3/c1-17-8-7-13-24(16-17)22(27)20-18-9-3-4-10-19(18)21(26)25(14-15-28-2)23(20)11-5-6-12-23/h3-4,9-10,17,20H,5-8,11-16H2,1-2H3/t17-,20+/m0/s1. The summed E-state index contributed by atoms with van der Waals surface area (Å²) in [6.45, 7) is 4.94. The molecule has 2 atom stereocenters. The number of carbonyl (C=O) groups excluding carboxylic acids is 2. The zero-order valence-corrected chi connectivity index (χ0v) is 17.2. The highest BCUT2D eigenvalue weighted by molar-refractivity contribution is 6.02. The summed E-state index contributed by atoms with van der Waals surface area (Å²) in [5.41, 5.74) is 1.23. The van der Waals surface area contributed by atoms with Gasteiger partial charge in [0, 0.05) is 32.3 Å². The molecule has 0 bridgehead atoms. The van der Waals surface area contributed by atoms with Crippen LogP contribution in [0, 0.1) is 5.92 Å². The van der Waals surface area contributed by atoms with E-state index in [1.807, 2.05) is 29.2 Å². The summed E-state index contributed by atoms with van der Waals surface area (Å²) < 4.78 is 5.32. The first-order valence-electron chi connectivity index (χ1n) is 10.8. The van der Waals surface area contributed by atoms with Gasteiger partial charge in [0.1, 0.15) is 0 Å². The van der Waals surface area contributed by atoms with E-state index >= 15 is 0 Å². The highest BCUT2D eigenvalue weighted by Crippen LogP contribution is 2.51. The third kappa shape index (κ3) is 3.14. The highest BCUT2D eigenvalue weighted by atomic mass is 16.5. The van der Waals surface area contributed by atoms with Gasteiger partial charge in [0.15, 0.2) is 0 Å². The smallest absolute Gasteiger partial charge is 0.254 e. The molecule has 2 heterocycles. The number of rotatable bonds is 4. The molecule has 4 rings (SSSR count). The molecule has 1 spiro atoms. The lowest BCUT2D eigenvalue weighted by molar-refractivity contribution is -0.138. The molecule has 1 aromatic carbocycles. The normalized spacial score (nSPS) is 26.6. The lowest BCUT2D eigenvalue weighted by Crippen LogP contribution is -2.62. The average molecular weight is 385 g/mol. The molecule has 0 unspecified atom stereocenters. The molecule has 5 heteroatoms. The Hall–Kier alpha value is -1.88. The van der Waals surface area contributed by atoms with Gasteiger partial charge in [-0.05, 0) is 43.2 Å². The van der Waals surface area contributed by atoms with E-state index in [1.165, 1.54) is 6.42 Å². The van der Waals surface area contributed by atoms with Crippen molar-refractivity contribution in [3.8, 4) is 0 Å². The largest absolute Gasteiger partial charge is 0.383 e. The number of piperidine rings is 1. The Bertz CT molecular complexity index is 741. The van der Waals surface area contributed by atoms with Gasteiger partial charge >= 0.3 is 0 Å². The number of ether oxygens (including phenoxy) is 1.